The van der Waals surface area contributed by atoms with Crippen LogP contribution >= 0.6 is 0 Å². The van der Waals surface area contributed by atoms with Gasteiger partial charge in [-0.05, 0) is 19.4 Å². The van der Waals surface area contributed by atoms with Gasteiger partial charge in [0.15, 0.2) is 0 Å². The van der Waals surface area contributed by atoms with Gasteiger partial charge in [-0.25, -0.2) is 0 Å². The van der Waals surface area contributed by atoms with E-state index < -0.39 is 0 Å². The Hall–Kier alpha value is -0.160. The maximum Gasteiger partial charge on any atom is 0.0698 e. The first-order valence-electron chi connectivity index (χ1n) is 4.88. The Bertz CT molecular complexity index is 142. The number of aliphatic hydroxyl groups excluding tert-OH is 1. The summed E-state index contributed by atoms with van der Waals surface area (Å²) in [5.41, 5.74) is 5.66. The number of methoxy groups -OCH3 is 1. The molecule has 2 atom stereocenters. The lowest BCUT2D eigenvalue weighted by Crippen LogP contribution is -2.46. The lowest BCUT2D eigenvalue weighted by atomic mass is 10.1. The Morgan fingerprint density at radius 2 is 2.46 bits per heavy atom. The molecule has 0 aromatic rings. The second kappa shape index (κ2) is 5.54. The summed E-state index contributed by atoms with van der Waals surface area (Å²) in [6.45, 7) is 2.86. The van der Waals surface area contributed by atoms with Crippen molar-refractivity contribution in [3.63, 3.8) is 0 Å². The third-order valence-electron chi connectivity index (χ3n) is 2.52. The second-order valence-corrected chi connectivity index (χ2v) is 3.70. The van der Waals surface area contributed by atoms with Crippen LogP contribution in [0.25, 0.3) is 0 Å². The number of hydrogen-bond donors (Lipinski definition) is 2. The number of aliphatic hydroxyl groups is 1. The van der Waals surface area contributed by atoms with Crippen LogP contribution in [-0.4, -0.2) is 55.5 Å². The number of hydrogen-bond acceptors (Lipinski definition) is 4. The average Bonchev–Trinajstić information content (AvgIpc) is 2.18. The highest BCUT2D eigenvalue weighted by molar-refractivity contribution is 4.76. The molecule has 1 aliphatic heterocycles. The molecule has 1 rings (SSSR count). The Labute approximate surface area is 79.7 Å². The summed E-state index contributed by atoms with van der Waals surface area (Å²) in [5.74, 6) is 0. The van der Waals surface area contributed by atoms with Gasteiger partial charge in [-0.3, -0.25) is 4.90 Å². The minimum Gasteiger partial charge on any atom is -0.395 e. The third-order valence-corrected chi connectivity index (χ3v) is 2.52. The number of piperidine rings is 1. The average molecular weight is 188 g/mol. The normalized spacial score (nSPS) is 27.5. The molecule has 4 heteroatoms. The molecule has 0 amide bonds. The summed E-state index contributed by atoms with van der Waals surface area (Å²) in [7, 11) is 1.75. The van der Waals surface area contributed by atoms with Gasteiger partial charge in [-0.2, -0.15) is 0 Å². The summed E-state index contributed by atoms with van der Waals surface area (Å²) < 4.78 is 5.29. The van der Waals surface area contributed by atoms with Crippen molar-refractivity contribution >= 4 is 0 Å². The molecule has 1 heterocycles. The van der Waals surface area contributed by atoms with E-state index >= 15 is 0 Å². The summed E-state index contributed by atoms with van der Waals surface area (Å²) in [4.78, 5) is 2.26. The van der Waals surface area contributed by atoms with E-state index in [1.807, 2.05) is 0 Å². The van der Waals surface area contributed by atoms with E-state index in [9.17, 15) is 0 Å². The van der Waals surface area contributed by atoms with Crippen molar-refractivity contribution in [2.24, 2.45) is 5.73 Å². The summed E-state index contributed by atoms with van der Waals surface area (Å²) in [5, 5.41) is 8.81. The molecule has 13 heavy (non-hydrogen) atoms. The number of rotatable bonds is 4. The van der Waals surface area contributed by atoms with Crippen LogP contribution in [0.5, 0.6) is 0 Å². The predicted octanol–water partition coefficient (Wildman–Crippen LogP) is -0.583. The van der Waals surface area contributed by atoms with Crippen molar-refractivity contribution in [2.45, 2.75) is 25.0 Å². The van der Waals surface area contributed by atoms with Crippen molar-refractivity contribution in [3.05, 3.63) is 0 Å². The van der Waals surface area contributed by atoms with Crippen LogP contribution in [0.2, 0.25) is 0 Å². The van der Waals surface area contributed by atoms with Gasteiger partial charge >= 0.3 is 0 Å². The molecule has 1 aliphatic rings. The van der Waals surface area contributed by atoms with Crippen LogP contribution in [0.1, 0.15) is 12.8 Å². The Kier molecular flexibility index (Phi) is 4.66. The molecule has 4 nitrogen and oxygen atoms in total. The second-order valence-electron chi connectivity index (χ2n) is 3.70. The Morgan fingerprint density at radius 3 is 3.08 bits per heavy atom. The van der Waals surface area contributed by atoms with Crippen LogP contribution in [-0.2, 0) is 4.74 Å². The Morgan fingerprint density at radius 1 is 1.69 bits per heavy atom. The fraction of sp³-hybridized carbons (Fsp3) is 1.00. The van der Waals surface area contributed by atoms with Crippen molar-refractivity contribution < 1.29 is 9.84 Å². The van der Waals surface area contributed by atoms with Gasteiger partial charge in [-0.1, -0.05) is 0 Å². The highest BCUT2D eigenvalue weighted by Gasteiger charge is 2.20. The van der Waals surface area contributed by atoms with Crippen molar-refractivity contribution in [1.29, 1.82) is 0 Å². The molecule has 2 unspecified atom stereocenters. The third kappa shape index (κ3) is 3.60. The smallest absolute Gasteiger partial charge is 0.0698 e. The minimum absolute atomic E-state index is 0.0636. The molecular formula is C9H20N2O2. The summed E-state index contributed by atoms with van der Waals surface area (Å²) >= 11 is 0. The number of nitrogens with zero attached hydrogens (tertiary/aromatic N) is 1. The van der Waals surface area contributed by atoms with E-state index in [0.29, 0.717) is 6.10 Å². The first kappa shape index (κ1) is 10.9. The van der Waals surface area contributed by atoms with Crippen molar-refractivity contribution in [3.8, 4) is 0 Å². The molecule has 0 spiro atoms. The van der Waals surface area contributed by atoms with E-state index in [1.165, 1.54) is 0 Å². The van der Waals surface area contributed by atoms with Gasteiger partial charge in [0.05, 0.1) is 12.7 Å². The molecule has 0 saturated carbocycles. The highest BCUT2D eigenvalue weighted by Crippen LogP contribution is 2.12. The SMILES string of the molecule is COC1CCCN(CC(N)CO)C1. The fourth-order valence-corrected chi connectivity index (χ4v) is 1.76. The van der Waals surface area contributed by atoms with E-state index in [4.69, 9.17) is 15.6 Å². The van der Waals surface area contributed by atoms with Crippen LogP contribution < -0.4 is 5.73 Å². The van der Waals surface area contributed by atoms with E-state index in [2.05, 4.69) is 4.90 Å². The first-order chi connectivity index (χ1) is 6.26. The van der Waals surface area contributed by atoms with Gasteiger partial charge in [-0.15, -0.1) is 0 Å². The zero-order valence-electron chi connectivity index (χ0n) is 8.28. The first-order valence-corrected chi connectivity index (χ1v) is 4.88. The predicted molar refractivity (Wildman–Crippen MR) is 51.5 cm³/mol. The Balaban J connectivity index is 2.25. The molecule has 3 N–H and O–H groups in total. The molecule has 0 aromatic heterocycles. The van der Waals surface area contributed by atoms with Crippen LogP contribution in [0.15, 0.2) is 0 Å². The fourth-order valence-electron chi connectivity index (χ4n) is 1.76. The van der Waals surface area contributed by atoms with E-state index in [-0.39, 0.29) is 12.6 Å². The highest BCUT2D eigenvalue weighted by atomic mass is 16.5. The molecule has 1 fully saturated rings. The van der Waals surface area contributed by atoms with Gasteiger partial charge < -0.3 is 15.6 Å². The summed E-state index contributed by atoms with van der Waals surface area (Å²) in [6.07, 6.45) is 2.65. The minimum atomic E-state index is -0.115. The molecule has 1 saturated heterocycles. The van der Waals surface area contributed by atoms with Gasteiger partial charge in [0.25, 0.3) is 0 Å². The van der Waals surface area contributed by atoms with E-state index in [0.717, 1.165) is 32.5 Å². The van der Waals surface area contributed by atoms with Gasteiger partial charge in [0.1, 0.15) is 0 Å². The standard InChI is InChI=1S/C9H20N2O2/c1-13-9-3-2-4-11(6-9)5-8(10)7-12/h8-9,12H,2-7,10H2,1H3. The zero-order chi connectivity index (χ0) is 9.68. The molecule has 0 aromatic carbocycles. The number of nitrogens with two attached hydrogens (primary N) is 1. The maximum absolute atomic E-state index is 8.81. The largest absolute Gasteiger partial charge is 0.395 e. The quantitative estimate of drug-likeness (QED) is 0.619. The lowest BCUT2D eigenvalue weighted by molar-refractivity contribution is 0.0273. The monoisotopic (exact) mass is 188 g/mol. The summed E-state index contributed by atoms with van der Waals surface area (Å²) in [6, 6.07) is -0.115. The lowest BCUT2D eigenvalue weighted by Gasteiger charge is -2.33. The van der Waals surface area contributed by atoms with E-state index in [1.54, 1.807) is 7.11 Å². The van der Waals surface area contributed by atoms with Crippen molar-refractivity contribution in [2.75, 3.05) is 33.4 Å². The topological polar surface area (TPSA) is 58.7 Å². The molecule has 0 radical (unpaired) electrons. The van der Waals surface area contributed by atoms with Crippen LogP contribution in [0.3, 0.4) is 0 Å². The van der Waals surface area contributed by atoms with Crippen LogP contribution in [0, 0.1) is 0 Å². The molecule has 78 valence electrons. The van der Waals surface area contributed by atoms with Crippen molar-refractivity contribution in [1.82, 2.24) is 4.90 Å². The van der Waals surface area contributed by atoms with Crippen LogP contribution in [0.4, 0.5) is 0 Å². The molecular weight excluding hydrogens is 168 g/mol. The molecule has 0 aliphatic carbocycles. The van der Waals surface area contributed by atoms with Gasteiger partial charge in [0, 0.05) is 26.2 Å². The number of likely N-dealkylation sites (tertiary alicyclic amines) is 1. The maximum atomic E-state index is 8.81. The number of ether oxygens (including phenoxy) is 1. The zero-order valence-corrected chi connectivity index (χ0v) is 8.28. The van der Waals surface area contributed by atoms with Gasteiger partial charge in [0.2, 0.25) is 0 Å². The molecule has 0 bridgehead atoms.